The molecule has 4 rings (SSSR count). The molecule has 0 bridgehead atoms. The van der Waals surface area contributed by atoms with Crippen molar-refractivity contribution in [2.24, 2.45) is 0 Å². The van der Waals surface area contributed by atoms with Crippen LogP contribution < -0.4 is 0 Å². The summed E-state index contributed by atoms with van der Waals surface area (Å²) in [7, 11) is 0. The molecule has 1 aliphatic carbocycles. The van der Waals surface area contributed by atoms with E-state index in [1.54, 1.807) is 0 Å². The number of hydrogen-bond acceptors (Lipinski definition) is 7. The Kier molecular flexibility index (Phi) is 3.85. The number of fused-ring (bicyclic) bond motifs is 2. The summed E-state index contributed by atoms with van der Waals surface area (Å²) < 4.78 is 5.80. The number of hydrogen-bond donors (Lipinski definition) is 4. The van der Waals surface area contributed by atoms with Crippen molar-refractivity contribution >= 4 is 11.6 Å². The number of ether oxygens (including phenoxy) is 1. The summed E-state index contributed by atoms with van der Waals surface area (Å²) in [4.78, 5) is 25.7. The van der Waals surface area contributed by atoms with Crippen molar-refractivity contribution in [3.63, 3.8) is 0 Å². The Morgan fingerprint density at radius 3 is 2.30 bits per heavy atom. The van der Waals surface area contributed by atoms with E-state index in [4.69, 9.17) is 4.74 Å². The summed E-state index contributed by atoms with van der Waals surface area (Å²) in [5.74, 6) is -3.20. The van der Waals surface area contributed by atoms with E-state index in [0.717, 1.165) is 31.0 Å². The van der Waals surface area contributed by atoms with Gasteiger partial charge in [0, 0.05) is 17.2 Å². The monoisotopic (exact) mass is 370 g/mol. The molecule has 1 aliphatic heterocycles. The average molecular weight is 370 g/mol. The van der Waals surface area contributed by atoms with Crippen LogP contribution in [0.15, 0.2) is 18.2 Å². The van der Waals surface area contributed by atoms with E-state index in [1.807, 2.05) is 6.92 Å². The minimum atomic E-state index is -0.750. The lowest BCUT2D eigenvalue weighted by atomic mass is 9.80. The van der Waals surface area contributed by atoms with Crippen LogP contribution >= 0.6 is 0 Å². The molecule has 7 nitrogen and oxygen atoms in total. The Morgan fingerprint density at radius 2 is 1.59 bits per heavy atom. The van der Waals surface area contributed by atoms with E-state index in [-0.39, 0.29) is 45.4 Å². The van der Waals surface area contributed by atoms with Gasteiger partial charge >= 0.3 is 0 Å². The summed E-state index contributed by atoms with van der Waals surface area (Å²) in [6.07, 6.45) is 1.57. The Balaban J connectivity index is 1.92. The molecule has 7 heteroatoms. The van der Waals surface area contributed by atoms with E-state index in [1.165, 1.54) is 0 Å². The molecule has 1 fully saturated rings. The highest BCUT2D eigenvalue weighted by molar-refractivity contribution is 6.30. The SMILES string of the molecule is C[C@H]1CCC[C@@H](c2c(O)cc3c(c2O)C(=O)c2c(O)cc(O)cc2C3=O)O1. The molecule has 0 unspecified atom stereocenters. The van der Waals surface area contributed by atoms with Crippen molar-refractivity contribution in [1.29, 1.82) is 0 Å². The number of carbonyl (C=O) groups is 2. The molecule has 0 radical (unpaired) electrons. The molecular weight excluding hydrogens is 352 g/mol. The van der Waals surface area contributed by atoms with Crippen LogP contribution in [0.3, 0.4) is 0 Å². The Labute approximate surface area is 154 Å². The number of phenolic OH excluding ortho intramolecular Hbond substituents is 4. The van der Waals surface area contributed by atoms with Gasteiger partial charge in [0.15, 0.2) is 5.78 Å². The first kappa shape index (κ1) is 17.4. The smallest absolute Gasteiger partial charge is 0.201 e. The molecule has 1 saturated heterocycles. The molecule has 2 aromatic rings. The van der Waals surface area contributed by atoms with E-state index in [9.17, 15) is 30.0 Å². The van der Waals surface area contributed by atoms with Crippen molar-refractivity contribution in [2.45, 2.75) is 38.4 Å². The highest BCUT2D eigenvalue weighted by Gasteiger charge is 2.38. The summed E-state index contributed by atoms with van der Waals surface area (Å²) in [5, 5.41) is 40.9. The minimum absolute atomic E-state index is 0.0661. The van der Waals surface area contributed by atoms with Crippen molar-refractivity contribution in [3.8, 4) is 23.0 Å². The average Bonchev–Trinajstić information content (AvgIpc) is 2.58. The molecule has 27 heavy (non-hydrogen) atoms. The topological polar surface area (TPSA) is 124 Å². The van der Waals surface area contributed by atoms with Gasteiger partial charge in [0.05, 0.1) is 28.9 Å². The lowest BCUT2D eigenvalue weighted by Crippen LogP contribution is -2.24. The normalized spacial score (nSPS) is 21.7. The van der Waals surface area contributed by atoms with Gasteiger partial charge in [-0.3, -0.25) is 9.59 Å². The van der Waals surface area contributed by atoms with E-state index < -0.39 is 29.2 Å². The third kappa shape index (κ3) is 2.54. The van der Waals surface area contributed by atoms with Crippen LogP contribution in [-0.4, -0.2) is 38.1 Å². The predicted molar refractivity (Wildman–Crippen MR) is 93.5 cm³/mol. The predicted octanol–water partition coefficient (Wildman–Crippen LogP) is 2.91. The third-order valence-electron chi connectivity index (χ3n) is 5.16. The summed E-state index contributed by atoms with van der Waals surface area (Å²) in [5.41, 5.74) is -0.847. The van der Waals surface area contributed by atoms with Crippen molar-refractivity contribution in [1.82, 2.24) is 0 Å². The van der Waals surface area contributed by atoms with E-state index in [2.05, 4.69) is 0 Å². The summed E-state index contributed by atoms with van der Waals surface area (Å²) in [6.45, 7) is 1.88. The molecule has 2 atom stereocenters. The van der Waals surface area contributed by atoms with Crippen molar-refractivity contribution in [3.05, 3.63) is 46.0 Å². The van der Waals surface area contributed by atoms with Gasteiger partial charge in [-0.15, -0.1) is 0 Å². The van der Waals surface area contributed by atoms with Gasteiger partial charge in [-0.1, -0.05) is 0 Å². The van der Waals surface area contributed by atoms with E-state index in [0.29, 0.717) is 6.42 Å². The standard InChI is InChI=1S/C20H18O7/c1-8-3-2-4-14(27-8)17-13(23)7-11-16(20(17)26)19(25)15-10(18(11)24)5-9(21)6-12(15)22/h5-8,14,21-23,26H,2-4H2,1H3/t8-,14-/m0/s1. The maximum Gasteiger partial charge on any atom is 0.201 e. The van der Waals surface area contributed by atoms with Crippen LogP contribution in [-0.2, 0) is 4.74 Å². The number of ketones is 2. The molecule has 0 saturated carbocycles. The molecule has 140 valence electrons. The highest BCUT2D eigenvalue weighted by atomic mass is 16.5. The van der Waals surface area contributed by atoms with Crippen molar-refractivity contribution in [2.75, 3.05) is 0 Å². The fourth-order valence-corrected chi connectivity index (χ4v) is 3.92. The Bertz CT molecular complexity index is 993. The zero-order valence-electron chi connectivity index (χ0n) is 14.5. The van der Waals surface area contributed by atoms with Crippen LogP contribution in [0, 0.1) is 0 Å². The van der Waals surface area contributed by atoms with Crippen LogP contribution in [0.2, 0.25) is 0 Å². The second kappa shape index (κ2) is 5.99. The second-order valence-corrected chi connectivity index (χ2v) is 6.99. The molecular formula is C20H18O7. The maximum atomic E-state index is 12.9. The van der Waals surface area contributed by atoms with Gasteiger partial charge in [-0.2, -0.15) is 0 Å². The van der Waals surface area contributed by atoms with Crippen LogP contribution in [0.1, 0.15) is 69.7 Å². The number of benzene rings is 2. The lowest BCUT2D eigenvalue weighted by molar-refractivity contribution is -0.0433. The molecule has 0 spiro atoms. The van der Waals surface area contributed by atoms with Gasteiger partial charge in [0.25, 0.3) is 0 Å². The second-order valence-electron chi connectivity index (χ2n) is 6.99. The zero-order chi connectivity index (χ0) is 19.5. The van der Waals surface area contributed by atoms with E-state index >= 15 is 0 Å². The zero-order valence-corrected chi connectivity index (χ0v) is 14.5. The summed E-state index contributed by atoms with van der Waals surface area (Å²) >= 11 is 0. The molecule has 0 aromatic heterocycles. The molecule has 4 N–H and O–H groups in total. The van der Waals surface area contributed by atoms with Crippen LogP contribution in [0.4, 0.5) is 0 Å². The molecule has 1 heterocycles. The fraction of sp³-hybridized carbons (Fsp3) is 0.300. The van der Waals surface area contributed by atoms with Gasteiger partial charge in [-0.05, 0) is 38.3 Å². The van der Waals surface area contributed by atoms with Crippen LogP contribution in [0.5, 0.6) is 23.0 Å². The Morgan fingerprint density at radius 1 is 0.889 bits per heavy atom. The molecule has 0 amide bonds. The van der Waals surface area contributed by atoms with Gasteiger partial charge in [-0.25, -0.2) is 0 Å². The van der Waals surface area contributed by atoms with Crippen LogP contribution in [0.25, 0.3) is 0 Å². The first-order chi connectivity index (χ1) is 12.8. The quantitative estimate of drug-likeness (QED) is 0.519. The molecule has 2 aliphatic rings. The maximum absolute atomic E-state index is 12.9. The number of rotatable bonds is 1. The van der Waals surface area contributed by atoms with Gasteiger partial charge in [0.1, 0.15) is 23.0 Å². The number of phenols is 4. The third-order valence-corrected chi connectivity index (χ3v) is 5.16. The largest absolute Gasteiger partial charge is 0.508 e. The highest BCUT2D eigenvalue weighted by Crippen LogP contribution is 2.47. The number of aromatic hydroxyl groups is 4. The molecule has 2 aromatic carbocycles. The van der Waals surface area contributed by atoms with Gasteiger partial charge < -0.3 is 25.2 Å². The first-order valence-electron chi connectivity index (χ1n) is 8.69. The first-order valence-corrected chi connectivity index (χ1v) is 8.69. The number of carbonyl (C=O) groups excluding carboxylic acids is 2. The van der Waals surface area contributed by atoms with Gasteiger partial charge in [0.2, 0.25) is 5.78 Å². The fourth-order valence-electron chi connectivity index (χ4n) is 3.92. The lowest BCUT2D eigenvalue weighted by Gasteiger charge is -2.30. The minimum Gasteiger partial charge on any atom is -0.508 e. The summed E-state index contributed by atoms with van der Waals surface area (Å²) in [6, 6.07) is 3.17. The van der Waals surface area contributed by atoms with Crippen molar-refractivity contribution < 1.29 is 34.8 Å². The Hall–Kier alpha value is -3.06.